The molecule has 0 aromatic heterocycles. The van der Waals surface area contributed by atoms with Gasteiger partial charge in [-0.3, -0.25) is 0 Å². The van der Waals surface area contributed by atoms with Crippen LogP contribution >= 0.6 is 0 Å². The summed E-state index contributed by atoms with van der Waals surface area (Å²) in [6.45, 7) is 18.1. The minimum absolute atomic E-state index is 0. The molecule has 0 nitrogen and oxygen atoms in total. The van der Waals surface area contributed by atoms with E-state index in [-0.39, 0.29) is 17.1 Å². The zero-order chi connectivity index (χ0) is 20.6. The molecule has 0 aromatic rings. The molecule has 0 aliphatic heterocycles. The fraction of sp³-hybridized carbons (Fsp3) is 0.357. The Hall–Kier alpha value is -0.521. The van der Waals surface area contributed by atoms with Crippen molar-refractivity contribution in [2.24, 2.45) is 11.8 Å². The molecule has 0 saturated heterocycles. The van der Waals surface area contributed by atoms with Crippen LogP contribution in [0.3, 0.4) is 0 Å². The van der Waals surface area contributed by atoms with Gasteiger partial charge in [0.25, 0.3) is 0 Å². The maximum absolute atomic E-state index is 2.30. The van der Waals surface area contributed by atoms with E-state index in [2.05, 4.69) is 107 Å². The topological polar surface area (TPSA) is 0 Å². The van der Waals surface area contributed by atoms with Gasteiger partial charge in [-0.15, -0.1) is 0 Å². The molecule has 1 heteroatoms. The van der Waals surface area contributed by atoms with Crippen molar-refractivity contribution in [2.75, 3.05) is 0 Å². The maximum Gasteiger partial charge on any atom is 2.00 e. The van der Waals surface area contributed by atoms with Gasteiger partial charge in [-0.25, -0.2) is 0 Å². The van der Waals surface area contributed by atoms with Gasteiger partial charge in [0, 0.05) is 11.8 Å². The van der Waals surface area contributed by atoms with Gasteiger partial charge in [-0.1, -0.05) is 36.1 Å². The van der Waals surface area contributed by atoms with Crippen molar-refractivity contribution in [1.29, 1.82) is 0 Å². The molecule has 4 rings (SSSR count). The Labute approximate surface area is 191 Å². The summed E-state index contributed by atoms with van der Waals surface area (Å²) in [5.74, 6) is 3.99. The van der Waals surface area contributed by atoms with E-state index in [9.17, 15) is 0 Å². The second-order valence-corrected chi connectivity index (χ2v) is 8.50. The molecule has 2 fully saturated rings. The van der Waals surface area contributed by atoms with E-state index in [0.717, 1.165) is 0 Å². The second-order valence-electron chi connectivity index (χ2n) is 8.50. The van der Waals surface area contributed by atoms with Gasteiger partial charge in [0.2, 0.25) is 0 Å². The van der Waals surface area contributed by atoms with Gasteiger partial charge in [-0.2, -0.15) is 0 Å². The Bertz CT molecular complexity index is 730. The minimum Gasteiger partial charge on any atom is -0.0632 e. The van der Waals surface area contributed by atoms with Crippen molar-refractivity contribution in [3.05, 3.63) is 108 Å². The van der Waals surface area contributed by atoms with Gasteiger partial charge >= 0.3 is 17.1 Å². The molecular weight excluding hydrogens is 392 g/mol. The van der Waals surface area contributed by atoms with Crippen LogP contribution in [-0.2, 0) is 17.1 Å². The van der Waals surface area contributed by atoms with Gasteiger partial charge in [0.1, 0.15) is 0 Å². The Morgan fingerprint density at radius 1 is 0.517 bits per heavy atom. The summed E-state index contributed by atoms with van der Waals surface area (Å²) >= 11 is 0. The molecule has 2 atom stereocenters. The van der Waals surface area contributed by atoms with Crippen molar-refractivity contribution in [3.8, 4) is 0 Å². The van der Waals surface area contributed by atoms with E-state index >= 15 is 0 Å². The third kappa shape index (κ3) is 4.72. The van der Waals surface area contributed by atoms with Crippen molar-refractivity contribution < 1.29 is 17.1 Å². The molecule has 0 heterocycles. The first-order valence-corrected chi connectivity index (χ1v) is 10.5. The number of hydrogen-bond acceptors (Lipinski definition) is 0. The minimum atomic E-state index is 0. The Morgan fingerprint density at radius 3 is 1.34 bits per heavy atom. The first-order chi connectivity index (χ1) is 13.3. The van der Waals surface area contributed by atoms with Gasteiger partial charge in [-0.05, 0) is 127 Å². The number of hydrogen-bond donors (Lipinski definition) is 0. The van der Waals surface area contributed by atoms with Crippen LogP contribution < -0.4 is 0 Å². The molecular formula is C28H34Fe+2. The zero-order valence-electron chi connectivity index (χ0n) is 19.1. The van der Waals surface area contributed by atoms with Gasteiger partial charge in [0.05, 0.1) is 0 Å². The third-order valence-corrected chi connectivity index (χ3v) is 7.23. The largest absolute Gasteiger partial charge is 2.00 e. The summed E-state index contributed by atoms with van der Waals surface area (Å²) in [4.78, 5) is 0. The van der Waals surface area contributed by atoms with Crippen LogP contribution in [0.4, 0.5) is 0 Å². The quantitative estimate of drug-likeness (QED) is 0.404. The zero-order valence-corrected chi connectivity index (χ0v) is 20.2. The van der Waals surface area contributed by atoms with Gasteiger partial charge < -0.3 is 0 Å². The first kappa shape index (κ1) is 24.7. The SMILES string of the molecule is CC1=C(C)C(C)C(C)=C1[C]1[CH][CH][CH][CH]1.CC1=C(C)C(C)C([C]2[CH][CH][CH][CH]2)=C1C.[Fe+2]. The fourth-order valence-corrected chi connectivity index (χ4v) is 4.73. The summed E-state index contributed by atoms with van der Waals surface area (Å²) in [6.07, 6.45) is 17.3. The van der Waals surface area contributed by atoms with Crippen LogP contribution in [0.2, 0.25) is 0 Å². The van der Waals surface area contributed by atoms with Crippen LogP contribution in [0.15, 0.2) is 44.6 Å². The summed E-state index contributed by atoms with van der Waals surface area (Å²) in [5.41, 5.74) is 12.0. The smallest absolute Gasteiger partial charge is 0.0632 e. The summed E-state index contributed by atoms with van der Waals surface area (Å²) < 4.78 is 0. The van der Waals surface area contributed by atoms with Crippen molar-refractivity contribution in [1.82, 2.24) is 0 Å². The van der Waals surface area contributed by atoms with Crippen LogP contribution in [0, 0.1) is 75.0 Å². The molecule has 10 radical (unpaired) electrons. The monoisotopic (exact) mass is 426 g/mol. The summed E-state index contributed by atoms with van der Waals surface area (Å²) in [6, 6.07) is 0. The van der Waals surface area contributed by atoms with E-state index in [4.69, 9.17) is 0 Å². The molecule has 2 saturated carbocycles. The molecule has 4 aliphatic rings. The molecule has 0 aromatic carbocycles. The standard InChI is InChI=1S/2C14H17.Fe/c2*1-9-10(2)12(4)14(11(9)3)13-7-5-6-8-13;/h5-8,11H,1-4H3;5-9H,1-4H3;/q;;+2. The fourth-order valence-electron chi connectivity index (χ4n) is 4.73. The van der Waals surface area contributed by atoms with Crippen molar-refractivity contribution in [3.63, 3.8) is 0 Å². The van der Waals surface area contributed by atoms with Gasteiger partial charge in [0.15, 0.2) is 0 Å². The Balaban J connectivity index is 0.000000200. The molecule has 0 amide bonds. The van der Waals surface area contributed by atoms with Crippen molar-refractivity contribution in [2.45, 2.75) is 55.4 Å². The second kappa shape index (κ2) is 10.2. The van der Waals surface area contributed by atoms with Crippen LogP contribution in [0.1, 0.15) is 55.4 Å². The number of allylic oxidation sites excluding steroid dienone is 8. The van der Waals surface area contributed by atoms with E-state index in [1.807, 2.05) is 0 Å². The molecule has 4 aliphatic carbocycles. The number of rotatable bonds is 2. The van der Waals surface area contributed by atoms with E-state index in [0.29, 0.717) is 11.8 Å². The maximum atomic E-state index is 2.30. The predicted molar refractivity (Wildman–Crippen MR) is 121 cm³/mol. The average Bonchev–Trinajstić information content (AvgIpc) is 3.45. The molecule has 2 unspecified atom stereocenters. The Morgan fingerprint density at radius 2 is 0.966 bits per heavy atom. The average molecular weight is 426 g/mol. The van der Waals surface area contributed by atoms with Crippen LogP contribution in [0.5, 0.6) is 0 Å². The van der Waals surface area contributed by atoms with E-state index < -0.39 is 0 Å². The molecule has 152 valence electrons. The van der Waals surface area contributed by atoms with E-state index in [1.54, 1.807) is 0 Å². The predicted octanol–water partition coefficient (Wildman–Crippen LogP) is 7.39. The van der Waals surface area contributed by atoms with Crippen LogP contribution in [-0.4, -0.2) is 0 Å². The molecule has 0 spiro atoms. The summed E-state index contributed by atoms with van der Waals surface area (Å²) in [5, 5.41) is 0. The normalized spacial score (nSPS) is 28.6. The first-order valence-electron chi connectivity index (χ1n) is 10.5. The Kier molecular flexibility index (Phi) is 8.70. The van der Waals surface area contributed by atoms with Crippen LogP contribution in [0.25, 0.3) is 0 Å². The van der Waals surface area contributed by atoms with E-state index in [1.165, 1.54) is 56.4 Å². The summed E-state index contributed by atoms with van der Waals surface area (Å²) in [7, 11) is 0. The third-order valence-electron chi connectivity index (χ3n) is 7.23. The molecule has 0 bridgehead atoms. The molecule has 0 N–H and O–H groups in total. The van der Waals surface area contributed by atoms with Crippen molar-refractivity contribution >= 4 is 0 Å². The molecule has 29 heavy (non-hydrogen) atoms.